The third-order valence-electron chi connectivity index (χ3n) is 4.40. The molecule has 1 aliphatic rings. The molecule has 0 spiro atoms. The van der Waals surface area contributed by atoms with Crippen LogP contribution in [0.25, 0.3) is 0 Å². The molecule has 1 amide bonds. The Morgan fingerprint density at radius 3 is 2.26 bits per heavy atom. The van der Waals surface area contributed by atoms with Gasteiger partial charge in [-0.05, 0) is 37.6 Å². The van der Waals surface area contributed by atoms with Gasteiger partial charge < -0.3 is 4.90 Å². The fourth-order valence-electron chi connectivity index (χ4n) is 3.24. The van der Waals surface area contributed by atoms with E-state index in [0.717, 1.165) is 11.3 Å². The Bertz CT molecular complexity index is 846. The summed E-state index contributed by atoms with van der Waals surface area (Å²) >= 11 is 0. The molecule has 2 aromatic carbocycles. The van der Waals surface area contributed by atoms with Crippen LogP contribution in [-0.4, -0.2) is 26.6 Å². The molecule has 0 saturated heterocycles. The van der Waals surface area contributed by atoms with Crippen molar-refractivity contribution < 1.29 is 13.2 Å². The molecule has 2 aromatic rings. The second-order valence-electron chi connectivity index (χ2n) is 5.97. The highest BCUT2D eigenvalue weighted by Crippen LogP contribution is 2.43. The number of amides is 1. The number of hydrogen-bond donors (Lipinski definition) is 0. The van der Waals surface area contributed by atoms with Gasteiger partial charge in [-0.1, -0.05) is 36.4 Å². The SMILES string of the molecule is CCN1C(=O)C(C)(CS(=O)(=O)c2ccccc2)c2ccccc21. The highest BCUT2D eigenvalue weighted by atomic mass is 32.2. The number of rotatable bonds is 4. The van der Waals surface area contributed by atoms with E-state index in [1.807, 2.05) is 31.2 Å². The van der Waals surface area contributed by atoms with Gasteiger partial charge in [0.15, 0.2) is 9.84 Å². The molecule has 0 N–H and O–H groups in total. The molecule has 0 fully saturated rings. The van der Waals surface area contributed by atoms with Crippen molar-refractivity contribution in [2.75, 3.05) is 17.2 Å². The summed E-state index contributed by atoms with van der Waals surface area (Å²) in [6, 6.07) is 15.7. The lowest BCUT2D eigenvalue weighted by atomic mass is 9.86. The van der Waals surface area contributed by atoms with Gasteiger partial charge in [0.1, 0.15) is 0 Å². The number of fused-ring (bicyclic) bond motifs is 1. The number of likely N-dealkylation sites (N-methyl/N-ethyl adjacent to an activating group) is 1. The molecule has 23 heavy (non-hydrogen) atoms. The van der Waals surface area contributed by atoms with E-state index in [4.69, 9.17) is 0 Å². The summed E-state index contributed by atoms with van der Waals surface area (Å²) in [5.74, 6) is -0.378. The second kappa shape index (κ2) is 5.49. The van der Waals surface area contributed by atoms with Crippen molar-refractivity contribution in [3.63, 3.8) is 0 Å². The van der Waals surface area contributed by atoms with E-state index in [1.54, 1.807) is 42.2 Å². The fourth-order valence-corrected chi connectivity index (χ4v) is 5.02. The first kappa shape index (κ1) is 15.7. The zero-order valence-electron chi connectivity index (χ0n) is 13.2. The van der Waals surface area contributed by atoms with Crippen molar-refractivity contribution in [3.05, 3.63) is 60.2 Å². The molecular weight excluding hydrogens is 310 g/mol. The summed E-state index contributed by atoms with van der Waals surface area (Å²) in [7, 11) is -3.56. The summed E-state index contributed by atoms with van der Waals surface area (Å²) in [4.78, 5) is 14.8. The van der Waals surface area contributed by atoms with Crippen LogP contribution in [0.1, 0.15) is 19.4 Å². The maximum atomic E-state index is 12.9. The van der Waals surface area contributed by atoms with Crippen molar-refractivity contribution in [2.45, 2.75) is 24.2 Å². The maximum absolute atomic E-state index is 12.9. The van der Waals surface area contributed by atoms with Gasteiger partial charge >= 0.3 is 0 Å². The molecule has 0 saturated carbocycles. The third kappa shape index (κ3) is 2.45. The van der Waals surface area contributed by atoms with Crippen LogP contribution in [0.2, 0.25) is 0 Å². The van der Waals surface area contributed by atoms with Gasteiger partial charge in [-0.15, -0.1) is 0 Å². The average Bonchev–Trinajstić information content (AvgIpc) is 2.76. The van der Waals surface area contributed by atoms with Crippen LogP contribution in [-0.2, 0) is 20.0 Å². The smallest absolute Gasteiger partial charge is 0.238 e. The largest absolute Gasteiger partial charge is 0.312 e. The molecule has 0 radical (unpaired) electrons. The van der Waals surface area contributed by atoms with Crippen LogP contribution < -0.4 is 4.90 Å². The molecule has 0 aromatic heterocycles. The summed E-state index contributed by atoms with van der Waals surface area (Å²) in [5, 5.41) is 0. The first-order valence-electron chi connectivity index (χ1n) is 7.59. The first-order chi connectivity index (χ1) is 10.9. The number of carbonyl (C=O) groups excluding carboxylic acids is 1. The highest BCUT2D eigenvalue weighted by molar-refractivity contribution is 7.91. The van der Waals surface area contributed by atoms with E-state index in [-0.39, 0.29) is 16.6 Å². The number of sulfone groups is 1. The molecule has 3 rings (SSSR count). The first-order valence-corrected chi connectivity index (χ1v) is 9.24. The Hall–Kier alpha value is -2.14. The van der Waals surface area contributed by atoms with Crippen LogP contribution in [0.3, 0.4) is 0 Å². The third-order valence-corrected chi connectivity index (χ3v) is 6.35. The number of hydrogen-bond acceptors (Lipinski definition) is 3. The van der Waals surface area contributed by atoms with Gasteiger partial charge in [0.25, 0.3) is 0 Å². The molecule has 1 unspecified atom stereocenters. The zero-order chi connectivity index (χ0) is 16.7. The van der Waals surface area contributed by atoms with E-state index in [9.17, 15) is 13.2 Å². The van der Waals surface area contributed by atoms with E-state index in [2.05, 4.69) is 0 Å². The highest BCUT2D eigenvalue weighted by Gasteiger charge is 2.49. The standard InChI is InChI=1S/C18H19NO3S/c1-3-19-16-12-8-7-11-15(16)18(2,17(19)20)13-23(21,22)14-9-5-4-6-10-14/h4-12H,3,13H2,1-2H3. The normalized spacial score (nSPS) is 20.6. The van der Waals surface area contributed by atoms with Crippen LogP contribution in [0.5, 0.6) is 0 Å². The Kier molecular flexibility index (Phi) is 3.76. The van der Waals surface area contributed by atoms with Gasteiger partial charge in [0, 0.05) is 12.2 Å². The van der Waals surface area contributed by atoms with Crippen molar-refractivity contribution in [1.29, 1.82) is 0 Å². The summed E-state index contributed by atoms with van der Waals surface area (Å²) in [6.45, 7) is 4.15. The minimum atomic E-state index is -3.56. The van der Waals surface area contributed by atoms with Crippen molar-refractivity contribution in [1.82, 2.24) is 0 Å². The molecule has 4 nitrogen and oxygen atoms in total. The van der Waals surface area contributed by atoms with Crippen molar-refractivity contribution >= 4 is 21.4 Å². The summed E-state index contributed by atoms with van der Waals surface area (Å²) in [5.41, 5.74) is 0.540. The number of anilines is 1. The second-order valence-corrected chi connectivity index (χ2v) is 7.96. The molecule has 120 valence electrons. The number of para-hydroxylation sites is 1. The zero-order valence-corrected chi connectivity index (χ0v) is 14.0. The Balaban J connectivity index is 2.07. The molecule has 5 heteroatoms. The Labute approximate surface area is 136 Å². The van der Waals surface area contributed by atoms with Gasteiger partial charge in [-0.2, -0.15) is 0 Å². The van der Waals surface area contributed by atoms with Crippen LogP contribution in [0.15, 0.2) is 59.5 Å². The average molecular weight is 329 g/mol. The lowest BCUT2D eigenvalue weighted by molar-refractivity contribution is -0.121. The fraction of sp³-hybridized carbons (Fsp3) is 0.278. The lowest BCUT2D eigenvalue weighted by Gasteiger charge is -2.23. The monoisotopic (exact) mass is 329 g/mol. The maximum Gasteiger partial charge on any atom is 0.238 e. The summed E-state index contributed by atoms with van der Waals surface area (Å²) in [6.07, 6.45) is 0. The Morgan fingerprint density at radius 2 is 1.61 bits per heavy atom. The number of carbonyl (C=O) groups is 1. The minimum Gasteiger partial charge on any atom is -0.312 e. The molecular formula is C18H19NO3S. The predicted octanol–water partition coefficient (Wildman–Crippen LogP) is 2.78. The van der Waals surface area contributed by atoms with Crippen LogP contribution in [0, 0.1) is 0 Å². The van der Waals surface area contributed by atoms with Gasteiger partial charge in [-0.3, -0.25) is 4.79 Å². The van der Waals surface area contributed by atoms with E-state index in [1.165, 1.54) is 0 Å². The predicted molar refractivity (Wildman–Crippen MR) is 90.3 cm³/mol. The molecule has 1 aliphatic heterocycles. The van der Waals surface area contributed by atoms with Gasteiger partial charge in [0.05, 0.1) is 16.1 Å². The number of nitrogens with zero attached hydrogens (tertiary/aromatic N) is 1. The van der Waals surface area contributed by atoms with E-state index in [0.29, 0.717) is 6.54 Å². The van der Waals surface area contributed by atoms with Gasteiger partial charge in [-0.25, -0.2) is 8.42 Å². The van der Waals surface area contributed by atoms with Gasteiger partial charge in [0.2, 0.25) is 5.91 Å². The van der Waals surface area contributed by atoms with Crippen LogP contribution >= 0.6 is 0 Å². The van der Waals surface area contributed by atoms with Crippen molar-refractivity contribution in [2.24, 2.45) is 0 Å². The topological polar surface area (TPSA) is 54.5 Å². The molecule has 0 aliphatic carbocycles. The summed E-state index contributed by atoms with van der Waals surface area (Å²) < 4.78 is 25.5. The van der Waals surface area contributed by atoms with Crippen molar-refractivity contribution in [3.8, 4) is 0 Å². The lowest BCUT2D eigenvalue weighted by Crippen LogP contribution is -2.42. The Morgan fingerprint density at radius 1 is 1.00 bits per heavy atom. The molecule has 0 bridgehead atoms. The molecule has 1 atom stereocenters. The minimum absolute atomic E-state index is 0.152. The van der Waals surface area contributed by atoms with E-state index < -0.39 is 15.3 Å². The van der Waals surface area contributed by atoms with Crippen LogP contribution in [0.4, 0.5) is 5.69 Å². The number of benzene rings is 2. The quantitative estimate of drug-likeness (QED) is 0.867. The molecule has 1 heterocycles. The van der Waals surface area contributed by atoms with E-state index >= 15 is 0 Å².